The fourth-order valence-corrected chi connectivity index (χ4v) is 3.73. The van der Waals surface area contributed by atoms with E-state index in [2.05, 4.69) is 31.3 Å². The van der Waals surface area contributed by atoms with Crippen molar-refractivity contribution in [1.29, 1.82) is 0 Å². The number of nitrogens with one attached hydrogen (secondary N) is 1. The molecule has 2 heterocycles. The standard InChI is InChI=1S/C19H13BrN4O2S/c20-14-6-7-15-13(10-14)11-22-24(18(15)26)16(12-4-2-1-3-5-12)17(25)23-19-21-8-9-27-19/h1-11,16H,(H,21,23,25). The molecule has 1 unspecified atom stereocenters. The quantitative estimate of drug-likeness (QED) is 0.522. The molecule has 0 saturated heterocycles. The normalized spacial score (nSPS) is 12.0. The van der Waals surface area contributed by atoms with Crippen molar-refractivity contribution in [2.45, 2.75) is 6.04 Å². The maximum Gasteiger partial charge on any atom is 0.275 e. The van der Waals surface area contributed by atoms with Crippen LogP contribution in [-0.2, 0) is 4.79 Å². The van der Waals surface area contributed by atoms with E-state index in [4.69, 9.17) is 0 Å². The van der Waals surface area contributed by atoms with Crippen LogP contribution in [0.15, 0.2) is 75.6 Å². The van der Waals surface area contributed by atoms with Crippen molar-refractivity contribution < 1.29 is 4.79 Å². The molecule has 1 N–H and O–H groups in total. The van der Waals surface area contributed by atoms with Crippen LogP contribution in [0.5, 0.6) is 0 Å². The van der Waals surface area contributed by atoms with Gasteiger partial charge in [-0.3, -0.25) is 14.9 Å². The summed E-state index contributed by atoms with van der Waals surface area (Å²) in [6.07, 6.45) is 3.20. The van der Waals surface area contributed by atoms with Gasteiger partial charge in [0.2, 0.25) is 0 Å². The molecule has 1 atom stereocenters. The van der Waals surface area contributed by atoms with Crippen LogP contribution >= 0.6 is 27.3 Å². The number of halogens is 1. The summed E-state index contributed by atoms with van der Waals surface area (Å²) in [5.41, 5.74) is 0.334. The summed E-state index contributed by atoms with van der Waals surface area (Å²) in [5.74, 6) is -0.373. The molecule has 0 aliphatic heterocycles. The predicted octanol–water partition coefficient (Wildman–Crippen LogP) is 3.84. The van der Waals surface area contributed by atoms with Crippen molar-refractivity contribution >= 4 is 49.1 Å². The average Bonchev–Trinajstić information content (AvgIpc) is 3.17. The Morgan fingerprint density at radius 1 is 1.19 bits per heavy atom. The number of carbonyl (C=O) groups is 1. The van der Waals surface area contributed by atoms with Gasteiger partial charge in [0.1, 0.15) is 0 Å². The molecule has 2 aromatic heterocycles. The molecule has 0 fully saturated rings. The molecule has 0 aliphatic carbocycles. The van der Waals surface area contributed by atoms with Gasteiger partial charge >= 0.3 is 0 Å². The molecule has 0 aliphatic rings. The Hall–Kier alpha value is -2.84. The van der Waals surface area contributed by atoms with Crippen LogP contribution in [0, 0.1) is 0 Å². The number of hydrogen-bond donors (Lipinski definition) is 1. The smallest absolute Gasteiger partial charge is 0.275 e. The number of aromatic nitrogens is 3. The van der Waals surface area contributed by atoms with Gasteiger partial charge in [-0.05, 0) is 23.8 Å². The van der Waals surface area contributed by atoms with Gasteiger partial charge in [-0.2, -0.15) is 5.10 Å². The molecule has 8 heteroatoms. The Balaban J connectivity index is 1.85. The zero-order valence-electron chi connectivity index (χ0n) is 13.9. The van der Waals surface area contributed by atoms with Crippen molar-refractivity contribution in [3.63, 3.8) is 0 Å². The van der Waals surface area contributed by atoms with Crippen molar-refractivity contribution in [3.05, 3.63) is 86.7 Å². The maximum absolute atomic E-state index is 13.1. The third-order valence-electron chi connectivity index (χ3n) is 4.04. The van der Waals surface area contributed by atoms with Gasteiger partial charge in [-0.1, -0.05) is 46.3 Å². The molecule has 134 valence electrons. The minimum atomic E-state index is -0.907. The Morgan fingerprint density at radius 3 is 2.74 bits per heavy atom. The fourth-order valence-electron chi connectivity index (χ4n) is 2.82. The van der Waals surface area contributed by atoms with E-state index in [0.717, 1.165) is 4.47 Å². The van der Waals surface area contributed by atoms with Crippen LogP contribution in [-0.4, -0.2) is 20.7 Å². The zero-order chi connectivity index (χ0) is 18.8. The second-order valence-corrected chi connectivity index (χ2v) is 7.58. The maximum atomic E-state index is 13.1. The SMILES string of the molecule is O=C(Nc1nccs1)C(c1ccccc1)n1ncc2cc(Br)ccc2c1=O. The number of carbonyl (C=O) groups excluding carboxylic acids is 1. The summed E-state index contributed by atoms with van der Waals surface area (Å²) in [6.45, 7) is 0. The van der Waals surface area contributed by atoms with Crippen LogP contribution in [0.4, 0.5) is 5.13 Å². The van der Waals surface area contributed by atoms with Gasteiger partial charge < -0.3 is 0 Å². The van der Waals surface area contributed by atoms with E-state index < -0.39 is 6.04 Å². The van der Waals surface area contributed by atoms with Crippen molar-refractivity contribution in [2.24, 2.45) is 0 Å². The van der Waals surface area contributed by atoms with Crippen LogP contribution in [0.1, 0.15) is 11.6 Å². The monoisotopic (exact) mass is 440 g/mol. The van der Waals surface area contributed by atoms with Gasteiger partial charge in [0, 0.05) is 21.4 Å². The molecule has 0 saturated carbocycles. The zero-order valence-corrected chi connectivity index (χ0v) is 16.3. The minimum Gasteiger partial charge on any atom is -0.300 e. The first-order valence-electron chi connectivity index (χ1n) is 8.06. The minimum absolute atomic E-state index is 0.330. The molecular weight excluding hydrogens is 428 g/mol. The second kappa shape index (κ2) is 7.42. The lowest BCUT2D eigenvalue weighted by atomic mass is 10.1. The number of rotatable bonds is 4. The third-order valence-corrected chi connectivity index (χ3v) is 5.23. The highest BCUT2D eigenvalue weighted by atomic mass is 79.9. The van der Waals surface area contributed by atoms with Crippen molar-refractivity contribution in [3.8, 4) is 0 Å². The van der Waals surface area contributed by atoms with Gasteiger partial charge in [0.15, 0.2) is 11.2 Å². The number of nitrogens with zero attached hydrogens (tertiary/aromatic N) is 3. The van der Waals surface area contributed by atoms with Crippen LogP contribution < -0.4 is 10.9 Å². The van der Waals surface area contributed by atoms with Gasteiger partial charge in [0.05, 0.1) is 11.6 Å². The molecule has 27 heavy (non-hydrogen) atoms. The molecule has 4 rings (SSSR count). The van der Waals surface area contributed by atoms with E-state index in [-0.39, 0.29) is 11.5 Å². The Labute approximate surface area is 166 Å². The first-order chi connectivity index (χ1) is 13.1. The summed E-state index contributed by atoms with van der Waals surface area (Å²) in [6, 6.07) is 13.5. The summed E-state index contributed by atoms with van der Waals surface area (Å²) in [7, 11) is 0. The molecule has 4 aromatic rings. The van der Waals surface area contributed by atoms with E-state index in [1.807, 2.05) is 24.3 Å². The molecule has 2 aromatic carbocycles. The Morgan fingerprint density at radius 2 is 2.00 bits per heavy atom. The lowest BCUT2D eigenvalue weighted by Crippen LogP contribution is -2.35. The number of anilines is 1. The highest BCUT2D eigenvalue weighted by Gasteiger charge is 2.26. The molecule has 0 spiro atoms. The largest absolute Gasteiger partial charge is 0.300 e. The number of fused-ring (bicyclic) bond motifs is 1. The summed E-state index contributed by atoms with van der Waals surface area (Å²) in [4.78, 5) is 30.1. The predicted molar refractivity (Wildman–Crippen MR) is 109 cm³/mol. The summed E-state index contributed by atoms with van der Waals surface area (Å²) >= 11 is 4.70. The average molecular weight is 441 g/mol. The van der Waals surface area contributed by atoms with Gasteiger partial charge in [-0.25, -0.2) is 9.67 Å². The lowest BCUT2D eigenvalue weighted by Gasteiger charge is -2.18. The first kappa shape index (κ1) is 17.6. The fraction of sp³-hybridized carbons (Fsp3) is 0.0526. The topological polar surface area (TPSA) is 76.9 Å². The summed E-state index contributed by atoms with van der Waals surface area (Å²) in [5, 5.41) is 10.5. The highest BCUT2D eigenvalue weighted by molar-refractivity contribution is 9.10. The lowest BCUT2D eigenvalue weighted by molar-refractivity contribution is -0.118. The third kappa shape index (κ3) is 3.54. The van der Waals surface area contributed by atoms with E-state index in [1.165, 1.54) is 16.0 Å². The van der Waals surface area contributed by atoms with Crippen molar-refractivity contribution in [2.75, 3.05) is 5.32 Å². The summed E-state index contributed by atoms with van der Waals surface area (Å²) < 4.78 is 2.07. The number of amides is 1. The Bertz CT molecular complexity index is 1160. The molecule has 1 amide bonds. The highest BCUT2D eigenvalue weighted by Crippen LogP contribution is 2.22. The van der Waals surface area contributed by atoms with E-state index >= 15 is 0 Å². The molecule has 0 radical (unpaired) electrons. The van der Waals surface area contributed by atoms with E-state index in [9.17, 15) is 9.59 Å². The van der Waals surface area contributed by atoms with E-state index in [0.29, 0.717) is 21.5 Å². The first-order valence-corrected chi connectivity index (χ1v) is 9.73. The number of hydrogen-bond acceptors (Lipinski definition) is 5. The van der Waals surface area contributed by atoms with Crippen molar-refractivity contribution in [1.82, 2.24) is 14.8 Å². The van der Waals surface area contributed by atoms with Gasteiger partial charge in [-0.15, -0.1) is 11.3 Å². The molecule has 6 nitrogen and oxygen atoms in total. The number of benzene rings is 2. The second-order valence-electron chi connectivity index (χ2n) is 5.77. The van der Waals surface area contributed by atoms with Crippen LogP contribution in [0.2, 0.25) is 0 Å². The molecule has 0 bridgehead atoms. The van der Waals surface area contributed by atoms with Gasteiger partial charge in [0.25, 0.3) is 11.5 Å². The van der Waals surface area contributed by atoms with Crippen LogP contribution in [0.25, 0.3) is 10.8 Å². The number of thiazole rings is 1. The Kier molecular flexibility index (Phi) is 4.83. The van der Waals surface area contributed by atoms with Crippen LogP contribution in [0.3, 0.4) is 0 Å². The van der Waals surface area contributed by atoms with E-state index in [1.54, 1.807) is 42.0 Å². The molecular formula is C19H13BrN4O2S.